The fourth-order valence-corrected chi connectivity index (χ4v) is 3.27. The first-order chi connectivity index (χ1) is 4.29. The lowest BCUT2D eigenvalue weighted by Crippen LogP contribution is -2.18. The summed E-state index contributed by atoms with van der Waals surface area (Å²) in [4.78, 5) is 1.38. The number of halogens is 2. The second kappa shape index (κ2) is 2.09. The van der Waals surface area contributed by atoms with Crippen molar-refractivity contribution in [2.75, 3.05) is 0 Å². The van der Waals surface area contributed by atoms with E-state index in [2.05, 4.69) is 44.0 Å². The molecule has 0 nitrogen and oxygen atoms in total. The first-order valence-electron chi connectivity index (χ1n) is 3.25. The maximum absolute atomic E-state index is 3.66. The van der Waals surface area contributed by atoms with Crippen molar-refractivity contribution in [3.63, 3.8) is 0 Å². The van der Waals surface area contributed by atoms with Crippen LogP contribution in [0.5, 0.6) is 0 Å². The van der Waals surface area contributed by atoms with E-state index in [1.54, 1.807) is 0 Å². The van der Waals surface area contributed by atoms with Crippen LogP contribution in [0.1, 0.15) is 6.42 Å². The number of fused-ring (bicyclic) bond motifs is 2. The Balaban J connectivity index is 2.26. The molecule has 0 heterocycles. The molecule has 1 fully saturated rings. The van der Waals surface area contributed by atoms with Gasteiger partial charge in [-0.2, -0.15) is 0 Å². The van der Waals surface area contributed by atoms with E-state index in [1.807, 2.05) is 0 Å². The van der Waals surface area contributed by atoms with Crippen molar-refractivity contribution in [3.8, 4) is 0 Å². The van der Waals surface area contributed by atoms with Crippen molar-refractivity contribution in [2.24, 2.45) is 11.8 Å². The minimum absolute atomic E-state index is 0.688. The summed E-state index contributed by atoms with van der Waals surface area (Å²) in [6, 6.07) is 0. The van der Waals surface area contributed by atoms with Gasteiger partial charge < -0.3 is 0 Å². The topological polar surface area (TPSA) is 0 Å². The monoisotopic (exact) mass is 250 g/mol. The minimum Gasteiger partial charge on any atom is -0.0872 e. The molecule has 1 saturated carbocycles. The van der Waals surface area contributed by atoms with Gasteiger partial charge in [0, 0.05) is 9.65 Å². The molecule has 0 aliphatic heterocycles. The first-order valence-corrected chi connectivity index (χ1v) is 5.08. The normalized spacial score (nSPS) is 54.9. The summed E-state index contributed by atoms with van der Waals surface area (Å²) in [5, 5.41) is 0. The second-order valence-corrected chi connectivity index (χ2v) is 4.95. The van der Waals surface area contributed by atoms with Crippen LogP contribution in [-0.4, -0.2) is 9.65 Å². The Morgan fingerprint density at radius 1 is 1.00 bits per heavy atom. The molecular formula is C7H8Br2. The summed E-state index contributed by atoms with van der Waals surface area (Å²) >= 11 is 7.33. The van der Waals surface area contributed by atoms with Gasteiger partial charge in [-0.15, -0.1) is 0 Å². The zero-order valence-electron chi connectivity index (χ0n) is 4.93. The number of rotatable bonds is 0. The van der Waals surface area contributed by atoms with Crippen LogP contribution in [0, 0.1) is 11.8 Å². The van der Waals surface area contributed by atoms with E-state index in [-0.39, 0.29) is 0 Å². The van der Waals surface area contributed by atoms with Crippen LogP contribution < -0.4 is 0 Å². The third kappa shape index (κ3) is 0.829. The maximum atomic E-state index is 3.66. The Morgan fingerprint density at radius 2 is 1.44 bits per heavy atom. The maximum Gasteiger partial charge on any atom is 0.0339 e. The standard InChI is InChI=1S/C7H8Br2/c8-6-4-1-2-5(3-4)7(6)9/h1-2,4-7H,3H2/t4-,5+,6-,7+. The van der Waals surface area contributed by atoms with E-state index in [4.69, 9.17) is 0 Å². The van der Waals surface area contributed by atoms with Crippen LogP contribution in [0.15, 0.2) is 12.2 Å². The molecule has 2 bridgehead atoms. The van der Waals surface area contributed by atoms with E-state index in [0.29, 0.717) is 9.65 Å². The molecule has 0 aromatic carbocycles. The van der Waals surface area contributed by atoms with Gasteiger partial charge in [0.15, 0.2) is 0 Å². The highest BCUT2D eigenvalue weighted by Gasteiger charge is 2.41. The van der Waals surface area contributed by atoms with Gasteiger partial charge in [-0.3, -0.25) is 0 Å². The summed E-state index contributed by atoms with van der Waals surface area (Å²) in [7, 11) is 0. The zero-order valence-corrected chi connectivity index (χ0v) is 8.10. The van der Waals surface area contributed by atoms with Crippen LogP contribution in [0.3, 0.4) is 0 Å². The summed E-state index contributed by atoms with van der Waals surface area (Å²) in [5.74, 6) is 1.61. The number of alkyl halides is 2. The van der Waals surface area contributed by atoms with Crippen LogP contribution in [0.2, 0.25) is 0 Å². The number of hydrogen-bond acceptors (Lipinski definition) is 0. The predicted molar refractivity (Wildman–Crippen MR) is 46.2 cm³/mol. The molecule has 0 aromatic rings. The van der Waals surface area contributed by atoms with Crippen LogP contribution in [0.4, 0.5) is 0 Å². The average molecular weight is 252 g/mol. The van der Waals surface area contributed by atoms with Crippen molar-refractivity contribution >= 4 is 31.9 Å². The molecule has 9 heavy (non-hydrogen) atoms. The lowest BCUT2D eigenvalue weighted by atomic mass is 10.1. The van der Waals surface area contributed by atoms with Crippen molar-refractivity contribution in [1.82, 2.24) is 0 Å². The van der Waals surface area contributed by atoms with Crippen LogP contribution in [0.25, 0.3) is 0 Å². The lowest BCUT2D eigenvalue weighted by Gasteiger charge is -2.16. The Morgan fingerprint density at radius 3 is 1.67 bits per heavy atom. The number of hydrogen-bond donors (Lipinski definition) is 0. The molecule has 2 aliphatic rings. The fourth-order valence-electron chi connectivity index (χ4n) is 1.70. The van der Waals surface area contributed by atoms with Gasteiger partial charge in [0.05, 0.1) is 0 Å². The van der Waals surface area contributed by atoms with Crippen molar-refractivity contribution < 1.29 is 0 Å². The highest BCUT2D eigenvalue weighted by Crippen LogP contribution is 2.46. The molecule has 50 valence electrons. The second-order valence-electron chi connectivity index (χ2n) is 2.84. The van der Waals surface area contributed by atoms with Gasteiger partial charge in [0.25, 0.3) is 0 Å². The zero-order chi connectivity index (χ0) is 6.43. The Bertz CT molecular complexity index is 137. The SMILES string of the molecule is Br[C@@H]1[C@H](Br)[C@@H]2C=C[C@H]1C2. The van der Waals surface area contributed by atoms with Gasteiger partial charge in [-0.25, -0.2) is 0 Å². The Kier molecular flexibility index (Phi) is 1.49. The van der Waals surface area contributed by atoms with E-state index < -0.39 is 0 Å². The van der Waals surface area contributed by atoms with Gasteiger partial charge in [-0.05, 0) is 18.3 Å². The molecule has 0 aromatic heterocycles. The molecular weight excluding hydrogens is 244 g/mol. The van der Waals surface area contributed by atoms with Crippen LogP contribution in [-0.2, 0) is 0 Å². The molecule has 0 amide bonds. The first kappa shape index (κ1) is 6.41. The quantitative estimate of drug-likeness (QED) is 0.459. The molecule has 0 spiro atoms. The molecule has 0 radical (unpaired) electrons. The lowest BCUT2D eigenvalue weighted by molar-refractivity contribution is 0.699. The third-order valence-corrected chi connectivity index (χ3v) is 5.48. The molecule has 0 saturated heterocycles. The van der Waals surface area contributed by atoms with E-state index in [9.17, 15) is 0 Å². The van der Waals surface area contributed by atoms with Gasteiger partial charge in [-0.1, -0.05) is 44.0 Å². The third-order valence-electron chi connectivity index (χ3n) is 2.27. The summed E-state index contributed by atoms with van der Waals surface area (Å²) in [5.41, 5.74) is 0. The average Bonchev–Trinajstić information content (AvgIpc) is 2.37. The highest BCUT2D eigenvalue weighted by molar-refractivity contribution is 9.12. The predicted octanol–water partition coefficient (Wildman–Crippen LogP) is 2.72. The fraction of sp³-hybridized carbons (Fsp3) is 0.714. The van der Waals surface area contributed by atoms with E-state index in [0.717, 1.165) is 11.8 Å². The molecule has 0 N–H and O–H groups in total. The minimum atomic E-state index is 0.688. The van der Waals surface area contributed by atoms with Crippen molar-refractivity contribution in [1.29, 1.82) is 0 Å². The molecule has 4 atom stereocenters. The van der Waals surface area contributed by atoms with Crippen molar-refractivity contribution in [3.05, 3.63) is 12.2 Å². The van der Waals surface area contributed by atoms with Crippen molar-refractivity contribution in [2.45, 2.75) is 16.1 Å². The summed E-state index contributed by atoms with van der Waals surface area (Å²) < 4.78 is 0. The van der Waals surface area contributed by atoms with Gasteiger partial charge in [0.1, 0.15) is 0 Å². The molecule has 2 aliphatic carbocycles. The van der Waals surface area contributed by atoms with Crippen LogP contribution >= 0.6 is 31.9 Å². The largest absolute Gasteiger partial charge is 0.0872 e. The Hall–Kier alpha value is 0.700. The van der Waals surface area contributed by atoms with E-state index in [1.165, 1.54) is 6.42 Å². The summed E-state index contributed by atoms with van der Waals surface area (Å²) in [6.07, 6.45) is 6.02. The number of allylic oxidation sites excluding steroid dienone is 2. The molecule has 2 rings (SSSR count). The summed E-state index contributed by atoms with van der Waals surface area (Å²) in [6.45, 7) is 0. The smallest absolute Gasteiger partial charge is 0.0339 e. The molecule has 2 heteroatoms. The molecule has 0 unspecified atom stereocenters. The van der Waals surface area contributed by atoms with E-state index >= 15 is 0 Å². The highest BCUT2D eigenvalue weighted by atomic mass is 79.9. The Labute approximate surface area is 72.0 Å². The van der Waals surface area contributed by atoms with Gasteiger partial charge >= 0.3 is 0 Å². The van der Waals surface area contributed by atoms with Gasteiger partial charge in [0.2, 0.25) is 0 Å².